The molecule has 0 radical (unpaired) electrons. The Labute approximate surface area is 121 Å². The minimum atomic E-state index is -0.109. The second-order valence-electron chi connectivity index (χ2n) is 4.49. The van der Waals surface area contributed by atoms with Crippen molar-refractivity contribution >= 4 is 11.4 Å². The molecule has 1 heterocycles. The summed E-state index contributed by atoms with van der Waals surface area (Å²) in [4.78, 5) is 4.63. The molecule has 0 saturated carbocycles. The van der Waals surface area contributed by atoms with Crippen molar-refractivity contribution in [2.24, 2.45) is 10.7 Å². The quantitative estimate of drug-likeness (QED) is 0.775. The van der Waals surface area contributed by atoms with Gasteiger partial charge in [-0.05, 0) is 43.2 Å². The summed E-state index contributed by atoms with van der Waals surface area (Å²) < 4.78 is 0. The molecule has 1 aliphatic rings. The van der Waals surface area contributed by atoms with E-state index in [0.29, 0.717) is 12.2 Å². The van der Waals surface area contributed by atoms with Crippen molar-refractivity contribution in [3.05, 3.63) is 41.1 Å². The van der Waals surface area contributed by atoms with E-state index in [0.717, 1.165) is 29.9 Å². The summed E-state index contributed by atoms with van der Waals surface area (Å²) in [6, 6.07) is 8.04. The molecule has 0 amide bonds. The van der Waals surface area contributed by atoms with Crippen LogP contribution in [0.15, 0.2) is 40.5 Å². The third-order valence-electron chi connectivity index (χ3n) is 3.02. The fourth-order valence-corrected chi connectivity index (χ4v) is 2.07. The summed E-state index contributed by atoms with van der Waals surface area (Å²) in [5.74, 6) is 0. The van der Waals surface area contributed by atoms with Gasteiger partial charge in [-0.1, -0.05) is 26.0 Å². The molecular formula is C16H25N3O. The number of hydrogen-bond donors (Lipinski definition) is 3. The van der Waals surface area contributed by atoms with Gasteiger partial charge < -0.3 is 16.2 Å². The molecule has 0 aromatic heterocycles. The molecule has 4 heteroatoms. The number of hydrogen-bond acceptors (Lipinski definition) is 4. The number of aliphatic hydroxyl groups excluding tert-OH is 1. The highest BCUT2D eigenvalue weighted by atomic mass is 16.3. The molecule has 0 bridgehead atoms. The number of nitrogens with zero attached hydrogens (tertiary/aromatic N) is 1. The molecular weight excluding hydrogens is 250 g/mol. The van der Waals surface area contributed by atoms with E-state index in [9.17, 15) is 0 Å². The van der Waals surface area contributed by atoms with E-state index in [4.69, 9.17) is 10.8 Å². The molecule has 1 saturated heterocycles. The van der Waals surface area contributed by atoms with Crippen LogP contribution in [0.3, 0.4) is 0 Å². The SMILES string of the molecule is CC.Cc1cccc(N=C2CNCC/C2=C(/N)CO)c1. The lowest BCUT2D eigenvalue weighted by Crippen LogP contribution is -2.34. The van der Waals surface area contributed by atoms with E-state index in [2.05, 4.69) is 10.3 Å². The highest BCUT2D eigenvalue weighted by Gasteiger charge is 2.15. The lowest BCUT2D eigenvalue weighted by molar-refractivity contribution is 0.328. The predicted octanol–water partition coefficient (Wildman–Crippen LogP) is 2.29. The predicted molar refractivity (Wildman–Crippen MR) is 85.4 cm³/mol. The Morgan fingerprint density at radius 2 is 2.15 bits per heavy atom. The van der Waals surface area contributed by atoms with Crippen LogP contribution in [0.4, 0.5) is 5.69 Å². The summed E-state index contributed by atoms with van der Waals surface area (Å²) in [5, 5.41) is 12.4. The maximum absolute atomic E-state index is 9.16. The zero-order chi connectivity index (χ0) is 15.0. The van der Waals surface area contributed by atoms with Gasteiger partial charge in [-0.3, -0.25) is 4.99 Å². The topological polar surface area (TPSA) is 70.6 Å². The number of aliphatic hydroxyl groups is 1. The minimum Gasteiger partial charge on any atom is -0.400 e. The molecule has 1 aromatic carbocycles. The molecule has 0 aliphatic carbocycles. The Balaban J connectivity index is 0.000000956. The first-order valence-corrected chi connectivity index (χ1v) is 7.14. The summed E-state index contributed by atoms with van der Waals surface area (Å²) in [5.41, 5.74) is 10.4. The Bertz CT molecular complexity index is 492. The van der Waals surface area contributed by atoms with Crippen LogP contribution in [0.5, 0.6) is 0 Å². The molecule has 110 valence electrons. The molecule has 0 spiro atoms. The normalized spacial score (nSPS) is 19.3. The van der Waals surface area contributed by atoms with Crippen molar-refractivity contribution < 1.29 is 5.11 Å². The molecule has 4 N–H and O–H groups in total. The van der Waals surface area contributed by atoms with Gasteiger partial charge >= 0.3 is 0 Å². The zero-order valence-electron chi connectivity index (χ0n) is 12.6. The summed E-state index contributed by atoms with van der Waals surface area (Å²) in [6.07, 6.45) is 0.817. The number of nitrogens with two attached hydrogens (primary N) is 1. The first kappa shape index (κ1) is 16.4. The Hall–Kier alpha value is -1.65. The fourth-order valence-electron chi connectivity index (χ4n) is 2.07. The lowest BCUT2D eigenvalue weighted by atomic mass is 10.0. The van der Waals surface area contributed by atoms with Gasteiger partial charge in [-0.25, -0.2) is 0 Å². The van der Waals surface area contributed by atoms with Crippen molar-refractivity contribution in [2.75, 3.05) is 19.7 Å². The van der Waals surface area contributed by atoms with Gasteiger partial charge in [0.1, 0.15) is 0 Å². The number of piperidine rings is 1. The maximum atomic E-state index is 9.16. The van der Waals surface area contributed by atoms with Crippen molar-refractivity contribution in [3.8, 4) is 0 Å². The molecule has 2 rings (SSSR count). The highest BCUT2D eigenvalue weighted by molar-refractivity contribution is 6.04. The van der Waals surface area contributed by atoms with Crippen LogP contribution in [-0.2, 0) is 0 Å². The lowest BCUT2D eigenvalue weighted by Gasteiger charge is -2.20. The second kappa shape index (κ2) is 8.51. The van der Waals surface area contributed by atoms with E-state index in [1.165, 1.54) is 5.56 Å². The largest absolute Gasteiger partial charge is 0.400 e. The van der Waals surface area contributed by atoms with Crippen LogP contribution in [0.1, 0.15) is 25.8 Å². The van der Waals surface area contributed by atoms with E-state index in [1.807, 2.05) is 45.0 Å². The number of nitrogens with one attached hydrogen (secondary N) is 1. The molecule has 4 nitrogen and oxygen atoms in total. The average molecular weight is 275 g/mol. The first-order chi connectivity index (χ1) is 9.70. The maximum Gasteiger partial charge on any atom is 0.0828 e. The number of rotatable bonds is 2. The average Bonchev–Trinajstić information content (AvgIpc) is 2.49. The van der Waals surface area contributed by atoms with Crippen molar-refractivity contribution in [2.45, 2.75) is 27.2 Å². The summed E-state index contributed by atoms with van der Waals surface area (Å²) >= 11 is 0. The van der Waals surface area contributed by atoms with E-state index in [-0.39, 0.29) is 6.61 Å². The highest BCUT2D eigenvalue weighted by Crippen LogP contribution is 2.18. The van der Waals surface area contributed by atoms with Crippen LogP contribution in [-0.4, -0.2) is 30.5 Å². The van der Waals surface area contributed by atoms with Crippen LogP contribution in [0, 0.1) is 6.92 Å². The van der Waals surface area contributed by atoms with Gasteiger partial charge in [0.05, 0.1) is 18.0 Å². The molecule has 0 atom stereocenters. The van der Waals surface area contributed by atoms with Crippen molar-refractivity contribution in [3.63, 3.8) is 0 Å². The van der Waals surface area contributed by atoms with E-state index >= 15 is 0 Å². The van der Waals surface area contributed by atoms with Crippen LogP contribution >= 0.6 is 0 Å². The number of aryl methyl sites for hydroxylation is 1. The second-order valence-corrected chi connectivity index (χ2v) is 4.49. The number of benzene rings is 1. The van der Waals surface area contributed by atoms with Gasteiger partial charge in [-0.2, -0.15) is 0 Å². The van der Waals surface area contributed by atoms with Gasteiger partial charge in [0.15, 0.2) is 0 Å². The Morgan fingerprint density at radius 1 is 1.40 bits per heavy atom. The smallest absolute Gasteiger partial charge is 0.0828 e. The van der Waals surface area contributed by atoms with Crippen LogP contribution < -0.4 is 11.1 Å². The molecule has 0 unspecified atom stereocenters. The van der Waals surface area contributed by atoms with Gasteiger partial charge in [0, 0.05) is 12.2 Å². The van der Waals surface area contributed by atoms with Gasteiger partial charge in [-0.15, -0.1) is 0 Å². The third-order valence-corrected chi connectivity index (χ3v) is 3.02. The van der Waals surface area contributed by atoms with Gasteiger partial charge in [0.25, 0.3) is 0 Å². The molecule has 1 fully saturated rings. The Morgan fingerprint density at radius 3 is 2.80 bits per heavy atom. The zero-order valence-corrected chi connectivity index (χ0v) is 12.6. The third kappa shape index (κ3) is 4.47. The van der Waals surface area contributed by atoms with Crippen LogP contribution in [0.25, 0.3) is 0 Å². The standard InChI is InChI=1S/C14H19N3O.C2H6/c1-10-3-2-4-11(7-10)17-14-8-16-6-5-12(14)13(15)9-18;1-2/h2-4,7,16,18H,5-6,8-9,15H2,1H3;1-2H3/b13-12-,17-14?;. The van der Waals surface area contributed by atoms with E-state index in [1.54, 1.807) is 0 Å². The summed E-state index contributed by atoms with van der Waals surface area (Å²) in [7, 11) is 0. The van der Waals surface area contributed by atoms with Crippen molar-refractivity contribution in [1.82, 2.24) is 5.32 Å². The fraction of sp³-hybridized carbons (Fsp3) is 0.438. The van der Waals surface area contributed by atoms with Crippen molar-refractivity contribution in [1.29, 1.82) is 0 Å². The molecule has 20 heavy (non-hydrogen) atoms. The summed E-state index contributed by atoms with van der Waals surface area (Å²) in [6.45, 7) is 7.51. The number of aliphatic imine (C=N–C) groups is 1. The van der Waals surface area contributed by atoms with E-state index < -0.39 is 0 Å². The molecule has 1 aliphatic heterocycles. The van der Waals surface area contributed by atoms with Crippen LogP contribution in [0.2, 0.25) is 0 Å². The Kier molecular flexibility index (Phi) is 6.98. The monoisotopic (exact) mass is 275 g/mol. The molecule has 1 aromatic rings. The minimum absolute atomic E-state index is 0.109. The first-order valence-electron chi connectivity index (χ1n) is 7.14. The van der Waals surface area contributed by atoms with Gasteiger partial charge in [0.2, 0.25) is 0 Å².